The summed E-state index contributed by atoms with van der Waals surface area (Å²) in [6.07, 6.45) is 1.77. The summed E-state index contributed by atoms with van der Waals surface area (Å²) in [5.41, 5.74) is 1.80. The van der Waals surface area contributed by atoms with Gasteiger partial charge in [-0.3, -0.25) is 0 Å². The van der Waals surface area contributed by atoms with Crippen molar-refractivity contribution in [3.05, 3.63) is 23.2 Å². The quantitative estimate of drug-likeness (QED) is 0.878. The highest BCUT2D eigenvalue weighted by Crippen LogP contribution is 2.27. The topological polar surface area (TPSA) is 62.8 Å². The van der Waals surface area contributed by atoms with Gasteiger partial charge in [0.2, 0.25) is 0 Å². The van der Waals surface area contributed by atoms with Crippen molar-refractivity contribution in [2.75, 3.05) is 17.3 Å². The molecule has 4 nitrogen and oxygen atoms in total. The second kappa shape index (κ2) is 5.58. The number of fused-ring (bicyclic) bond motifs is 1. The first kappa shape index (κ1) is 14.2. The monoisotopic (exact) mass is 330 g/mol. The van der Waals surface area contributed by atoms with Crippen LogP contribution in [0.4, 0.5) is 0 Å². The largest absolute Gasteiger partial charge is 0.333 e. The van der Waals surface area contributed by atoms with Crippen LogP contribution in [0.5, 0.6) is 0 Å². The highest BCUT2D eigenvalue weighted by atomic mass is 35.5. The Morgan fingerprint density at radius 1 is 1.45 bits per heavy atom. The van der Waals surface area contributed by atoms with E-state index in [1.165, 1.54) is 0 Å². The van der Waals surface area contributed by atoms with E-state index >= 15 is 0 Å². The summed E-state index contributed by atoms with van der Waals surface area (Å²) in [4.78, 5) is 7.69. The van der Waals surface area contributed by atoms with Gasteiger partial charge in [0, 0.05) is 10.8 Å². The zero-order valence-electron chi connectivity index (χ0n) is 10.8. The lowest BCUT2D eigenvalue weighted by atomic mass is 10.1. The Morgan fingerprint density at radius 2 is 2.30 bits per heavy atom. The average molecular weight is 331 g/mol. The van der Waals surface area contributed by atoms with Gasteiger partial charge in [0.05, 0.1) is 22.5 Å². The van der Waals surface area contributed by atoms with Gasteiger partial charge >= 0.3 is 0 Å². The van der Waals surface area contributed by atoms with Crippen LogP contribution in [0, 0.1) is 5.92 Å². The van der Waals surface area contributed by atoms with E-state index < -0.39 is 9.84 Å². The fourth-order valence-electron chi connectivity index (χ4n) is 2.47. The number of imidazole rings is 1. The fraction of sp³-hybridized carbons (Fsp3) is 0.462. The number of sulfone groups is 1. The molecule has 0 aliphatic carbocycles. The summed E-state index contributed by atoms with van der Waals surface area (Å²) in [5, 5.41) is 1.50. The van der Waals surface area contributed by atoms with Gasteiger partial charge < -0.3 is 4.98 Å². The Bertz CT molecular complexity index is 727. The highest BCUT2D eigenvalue weighted by molar-refractivity contribution is 7.99. The van der Waals surface area contributed by atoms with E-state index in [-0.39, 0.29) is 5.92 Å². The molecule has 0 bridgehead atoms. The zero-order chi connectivity index (χ0) is 14.2. The van der Waals surface area contributed by atoms with Crippen LogP contribution in [0.3, 0.4) is 0 Å². The molecule has 0 saturated carbocycles. The molecule has 108 valence electrons. The minimum atomic E-state index is -2.83. The predicted molar refractivity (Wildman–Crippen MR) is 83.2 cm³/mol. The number of hydrogen-bond donors (Lipinski definition) is 1. The number of thioether (sulfide) groups is 1. The minimum absolute atomic E-state index is 0.232. The van der Waals surface area contributed by atoms with E-state index in [0.717, 1.165) is 34.8 Å². The second-order valence-corrected chi connectivity index (χ2v) is 8.81. The van der Waals surface area contributed by atoms with Crippen molar-refractivity contribution in [1.29, 1.82) is 0 Å². The molecule has 0 spiro atoms. The average Bonchev–Trinajstić information content (AvgIpc) is 2.77. The minimum Gasteiger partial charge on any atom is -0.333 e. The van der Waals surface area contributed by atoms with Crippen LogP contribution in [0.1, 0.15) is 12.8 Å². The van der Waals surface area contributed by atoms with Crippen molar-refractivity contribution in [2.24, 2.45) is 5.92 Å². The van der Waals surface area contributed by atoms with Crippen molar-refractivity contribution in [1.82, 2.24) is 9.97 Å². The van der Waals surface area contributed by atoms with Crippen molar-refractivity contribution >= 4 is 44.2 Å². The SMILES string of the molecule is O=S1(=O)CCC[C@H](CSc2nc3ccc(Cl)cc3[nH]2)C1. The van der Waals surface area contributed by atoms with E-state index in [4.69, 9.17) is 11.6 Å². The Kier molecular flexibility index (Phi) is 3.97. The maximum Gasteiger partial charge on any atom is 0.166 e. The first-order valence-electron chi connectivity index (χ1n) is 6.50. The molecule has 1 N–H and O–H groups in total. The van der Waals surface area contributed by atoms with Crippen LogP contribution < -0.4 is 0 Å². The van der Waals surface area contributed by atoms with Gasteiger partial charge in [-0.25, -0.2) is 13.4 Å². The molecule has 0 amide bonds. The Labute approximate surface area is 127 Å². The third kappa shape index (κ3) is 3.30. The first-order valence-corrected chi connectivity index (χ1v) is 9.69. The van der Waals surface area contributed by atoms with Crippen LogP contribution in [0.15, 0.2) is 23.4 Å². The van der Waals surface area contributed by atoms with Crippen LogP contribution >= 0.6 is 23.4 Å². The number of nitrogens with zero attached hydrogens (tertiary/aromatic N) is 1. The number of aromatic amines is 1. The van der Waals surface area contributed by atoms with Crippen molar-refractivity contribution in [3.63, 3.8) is 0 Å². The van der Waals surface area contributed by atoms with Crippen LogP contribution in [-0.2, 0) is 9.84 Å². The lowest BCUT2D eigenvalue weighted by Gasteiger charge is -2.20. The molecule has 20 heavy (non-hydrogen) atoms. The van der Waals surface area contributed by atoms with Crippen molar-refractivity contribution in [2.45, 2.75) is 18.0 Å². The molecule has 7 heteroatoms. The molecule has 1 aliphatic heterocycles. The highest BCUT2D eigenvalue weighted by Gasteiger charge is 2.24. The third-order valence-corrected chi connectivity index (χ3v) is 6.67. The maximum atomic E-state index is 11.6. The van der Waals surface area contributed by atoms with Gasteiger partial charge in [-0.15, -0.1) is 0 Å². The number of nitrogens with one attached hydrogen (secondary N) is 1. The predicted octanol–water partition coefficient (Wildman–Crippen LogP) is 3.13. The number of aromatic nitrogens is 2. The summed E-state index contributed by atoms with van der Waals surface area (Å²) >= 11 is 7.52. The Hall–Kier alpha value is -0.720. The Balaban J connectivity index is 1.67. The van der Waals surface area contributed by atoms with Crippen molar-refractivity contribution in [3.8, 4) is 0 Å². The molecular weight excluding hydrogens is 316 g/mol. The summed E-state index contributed by atoms with van der Waals surface area (Å²) < 4.78 is 23.2. The molecule has 1 aromatic carbocycles. The summed E-state index contributed by atoms with van der Waals surface area (Å²) in [6, 6.07) is 5.54. The van der Waals surface area contributed by atoms with Crippen molar-refractivity contribution < 1.29 is 8.42 Å². The molecule has 1 aliphatic rings. The van der Waals surface area contributed by atoms with Gasteiger partial charge in [-0.2, -0.15) is 0 Å². The van der Waals surface area contributed by atoms with Gasteiger partial charge in [-0.1, -0.05) is 23.4 Å². The first-order chi connectivity index (χ1) is 9.52. The molecule has 0 radical (unpaired) electrons. The second-order valence-electron chi connectivity index (χ2n) is 5.14. The molecule has 2 heterocycles. The molecule has 1 fully saturated rings. The zero-order valence-corrected chi connectivity index (χ0v) is 13.2. The number of H-pyrrole nitrogens is 1. The maximum absolute atomic E-state index is 11.6. The molecule has 3 rings (SSSR count). The molecule has 2 aromatic rings. The number of rotatable bonds is 3. The van der Waals surface area contributed by atoms with E-state index in [9.17, 15) is 8.42 Å². The summed E-state index contributed by atoms with van der Waals surface area (Å²) in [7, 11) is -2.83. The van der Waals surface area contributed by atoms with Gasteiger partial charge in [-0.05, 0) is 37.0 Å². The van der Waals surface area contributed by atoms with Crippen LogP contribution in [0.2, 0.25) is 5.02 Å². The lowest BCUT2D eigenvalue weighted by Crippen LogP contribution is -2.26. The van der Waals surface area contributed by atoms with Gasteiger partial charge in [0.15, 0.2) is 15.0 Å². The number of hydrogen-bond acceptors (Lipinski definition) is 4. The van der Waals surface area contributed by atoms with Crippen LogP contribution in [0.25, 0.3) is 11.0 Å². The Morgan fingerprint density at radius 3 is 3.10 bits per heavy atom. The standard InChI is InChI=1S/C13H15ClN2O2S2/c14-10-3-4-11-12(6-10)16-13(15-11)19-7-9-2-1-5-20(17,18)8-9/h3-4,6,9H,1-2,5,7-8H2,(H,15,16)/t9-/m1/s1. The summed E-state index contributed by atoms with van der Waals surface area (Å²) in [6.45, 7) is 0. The van der Waals surface area contributed by atoms with Gasteiger partial charge in [0.25, 0.3) is 0 Å². The van der Waals surface area contributed by atoms with E-state index in [1.54, 1.807) is 11.8 Å². The molecule has 1 atom stereocenters. The lowest BCUT2D eigenvalue weighted by molar-refractivity contribution is 0.520. The molecule has 1 saturated heterocycles. The summed E-state index contributed by atoms with van der Waals surface area (Å²) in [5.74, 6) is 1.67. The normalized spacial score (nSPS) is 22.1. The number of benzene rings is 1. The van der Waals surface area contributed by atoms with Gasteiger partial charge in [0.1, 0.15) is 0 Å². The van der Waals surface area contributed by atoms with Crippen LogP contribution in [-0.4, -0.2) is 35.6 Å². The smallest absolute Gasteiger partial charge is 0.166 e. The van der Waals surface area contributed by atoms with E-state index in [1.807, 2.05) is 18.2 Å². The molecule has 1 aromatic heterocycles. The molecule has 0 unspecified atom stereocenters. The van der Waals surface area contributed by atoms with E-state index in [2.05, 4.69) is 9.97 Å². The fourth-order valence-corrected chi connectivity index (χ4v) is 5.59. The number of halogens is 1. The van der Waals surface area contributed by atoms with E-state index in [0.29, 0.717) is 16.5 Å². The molecular formula is C13H15ClN2O2S2. The third-order valence-electron chi connectivity index (χ3n) is 3.44.